The molecule has 2 rings (SSSR count). The Hall–Kier alpha value is -0.140. The second kappa shape index (κ2) is 5.88. The summed E-state index contributed by atoms with van der Waals surface area (Å²) in [5.41, 5.74) is 0. The van der Waals surface area contributed by atoms with Gasteiger partial charge in [0.05, 0.1) is 4.34 Å². The van der Waals surface area contributed by atoms with Crippen molar-refractivity contribution in [3.8, 4) is 0 Å². The highest BCUT2D eigenvalue weighted by Crippen LogP contribution is 2.30. The predicted molar refractivity (Wildman–Crippen MR) is 74.8 cm³/mol. The fraction of sp³-hybridized carbons (Fsp3) is 0.636. The van der Waals surface area contributed by atoms with Gasteiger partial charge in [0.2, 0.25) is 0 Å². The molecule has 4 nitrogen and oxygen atoms in total. The predicted octanol–water partition coefficient (Wildman–Crippen LogP) is 2.16. The number of halogens is 1. The Bertz CT molecular complexity index is 495. The van der Waals surface area contributed by atoms with Gasteiger partial charge in [0.15, 0.2) is 0 Å². The van der Waals surface area contributed by atoms with Crippen molar-refractivity contribution in [2.45, 2.75) is 30.0 Å². The van der Waals surface area contributed by atoms with Crippen LogP contribution in [0.25, 0.3) is 0 Å². The van der Waals surface area contributed by atoms with Crippen LogP contribution in [0.15, 0.2) is 16.3 Å². The number of rotatable bonds is 5. The number of sulfonamides is 1. The molecule has 0 radical (unpaired) electrons. The largest absolute Gasteiger partial charge is 0.315 e. The van der Waals surface area contributed by atoms with Crippen LogP contribution in [0.4, 0.5) is 0 Å². The molecule has 102 valence electrons. The second-order valence-corrected chi connectivity index (χ2v) is 8.15. The zero-order valence-electron chi connectivity index (χ0n) is 10.2. The van der Waals surface area contributed by atoms with Crippen LogP contribution in [-0.4, -0.2) is 38.4 Å². The molecular formula is C11H17ClN2O2S2. The highest BCUT2D eigenvalue weighted by atomic mass is 35.5. The molecule has 1 N–H and O–H groups in total. The number of nitrogens with zero attached hydrogens (tertiary/aromatic N) is 1. The molecule has 7 heteroatoms. The summed E-state index contributed by atoms with van der Waals surface area (Å²) in [5, 5.41) is 3.21. The van der Waals surface area contributed by atoms with Crippen molar-refractivity contribution in [1.29, 1.82) is 0 Å². The molecule has 1 fully saturated rings. The van der Waals surface area contributed by atoms with Gasteiger partial charge in [-0.2, -0.15) is 4.31 Å². The lowest BCUT2D eigenvalue weighted by atomic mass is 10.2. The van der Waals surface area contributed by atoms with Crippen molar-refractivity contribution in [1.82, 2.24) is 9.62 Å². The normalized spacial score (nSPS) is 20.7. The van der Waals surface area contributed by atoms with Gasteiger partial charge in [-0.15, -0.1) is 11.3 Å². The molecule has 1 aliphatic heterocycles. The van der Waals surface area contributed by atoms with E-state index in [2.05, 4.69) is 5.32 Å². The first-order valence-corrected chi connectivity index (χ1v) is 8.67. The molecule has 2 heterocycles. The Balaban J connectivity index is 2.28. The quantitative estimate of drug-likeness (QED) is 0.907. The third-order valence-electron chi connectivity index (χ3n) is 3.00. The molecular weight excluding hydrogens is 292 g/mol. The molecule has 0 aromatic carbocycles. The summed E-state index contributed by atoms with van der Waals surface area (Å²) in [7, 11) is -3.40. The lowest BCUT2D eigenvalue weighted by Crippen LogP contribution is -2.41. The molecule has 1 saturated heterocycles. The standard InChI is InChI=1S/C11H17ClN2O2S2/c1-2-7-14(9-5-6-13-8-9)18(15,16)11-4-3-10(12)17-11/h3-4,9,13H,2,5-8H2,1H3. The first-order valence-electron chi connectivity index (χ1n) is 6.03. The van der Waals surface area contributed by atoms with Gasteiger partial charge < -0.3 is 5.32 Å². The summed E-state index contributed by atoms with van der Waals surface area (Å²) in [6.45, 7) is 4.17. The Labute approximate surface area is 117 Å². The van der Waals surface area contributed by atoms with E-state index in [1.807, 2.05) is 6.92 Å². The summed E-state index contributed by atoms with van der Waals surface area (Å²) in [6.07, 6.45) is 1.69. The maximum Gasteiger partial charge on any atom is 0.252 e. The van der Waals surface area contributed by atoms with E-state index in [1.165, 1.54) is 0 Å². The molecule has 0 saturated carbocycles. The topological polar surface area (TPSA) is 49.4 Å². The molecule has 1 unspecified atom stereocenters. The third kappa shape index (κ3) is 2.88. The van der Waals surface area contributed by atoms with Crippen molar-refractivity contribution in [2.24, 2.45) is 0 Å². The van der Waals surface area contributed by atoms with Crippen molar-refractivity contribution in [3.63, 3.8) is 0 Å². The monoisotopic (exact) mass is 308 g/mol. The molecule has 0 bridgehead atoms. The van der Waals surface area contributed by atoms with Crippen molar-refractivity contribution < 1.29 is 8.42 Å². The number of nitrogens with one attached hydrogen (secondary N) is 1. The lowest BCUT2D eigenvalue weighted by Gasteiger charge is -2.26. The molecule has 1 atom stereocenters. The molecule has 1 aliphatic rings. The highest BCUT2D eigenvalue weighted by molar-refractivity contribution is 7.91. The van der Waals surface area contributed by atoms with Gasteiger partial charge in [-0.25, -0.2) is 8.42 Å². The minimum atomic E-state index is -3.40. The van der Waals surface area contributed by atoms with Crippen molar-refractivity contribution in [3.05, 3.63) is 16.5 Å². The average Bonchev–Trinajstić information content (AvgIpc) is 2.96. The minimum absolute atomic E-state index is 0.0656. The fourth-order valence-electron chi connectivity index (χ4n) is 2.16. The van der Waals surface area contributed by atoms with Gasteiger partial charge in [0.25, 0.3) is 10.0 Å². The SMILES string of the molecule is CCCN(C1CCNC1)S(=O)(=O)c1ccc(Cl)s1. The number of hydrogen-bond acceptors (Lipinski definition) is 4. The maximum atomic E-state index is 12.6. The summed E-state index contributed by atoms with van der Waals surface area (Å²) in [5.74, 6) is 0. The van der Waals surface area contributed by atoms with E-state index in [4.69, 9.17) is 11.6 Å². The Kier molecular flexibility index (Phi) is 4.66. The van der Waals surface area contributed by atoms with E-state index in [1.54, 1.807) is 16.4 Å². The van der Waals surface area contributed by atoms with Gasteiger partial charge in [-0.1, -0.05) is 18.5 Å². The zero-order valence-corrected chi connectivity index (χ0v) is 12.6. The Morgan fingerprint density at radius 3 is 2.83 bits per heavy atom. The second-order valence-electron chi connectivity index (χ2n) is 4.32. The van der Waals surface area contributed by atoms with E-state index in [9.17, 15) is 8.42 Å². The van der Waals surface area contributed by atoms with Gasteiger partial charge in [-0.3, -0.25) is 0 Å². The van der Waals surface area contributed by atoms with Crippen LogP contribution in [0.5, 0.6) is 0 Å². The highest BCUT2D eigenvalue weighted by Gasteiger charge is 2.33. The third-order valence-corrected chi connectivity index (χ3v) is 6.65. The van der Waals surface area contributed by atoms with E-state index in [0.29, 0.717) is 15.1 Å². The van der Waals surface area contributed by atoms with Crippen LogP contribution in [0.3, 0.4) is 0 Å². The fourth-order valence-corrected chi connectivity index (χ4v) is 5.51. The van der Waals surface area contributed by atoms with Crippen molar-refractivity contribution >= 4 is 33.0 Å². The maximum absolute atomic E-state index is 12.6. The molecule has 0 spiro atoms. The van der Waals surface area contributed by atoms with E-state index >= 15 is 0 Å². The molecule has 1 aromatic rings. The van der Waals surface area contributed by atoms with Gasteiger partial charge in [0.1, 0.15) is 4.21 Å². The first kappa shape index (κ1) is 14.3. The van der Waals surface area contributed by atoms with Crippen LogP contribution in [-0.2, 0) is 10.0 Å². The summed E-state index contributed by atoms with van der Waals surface area (Å²) in [6, 6.07) is 3.29. The molecule has 18 heavy (non-hydrogen) atoms. The van der Waals surface area contributed by atoms with Gasteiger partial charge >= 0.3 is 0 Å². The zero-order chi connectivity index (χ0) is 13.2. The lowest BCUT2D eigenvalue weighted by molar-refractivity contribution is 0.336. The van der Waals surface area contributed by atoms with Crippen LogP contribution in [0, 0.1) is 0 Å². The van der Waals surface area contributed by atoms with Crippen LogP contribution >= 0.6 is 22.9 Å². The molecule has 1 aromatic heterocycles. The summed E-state index contributed by atoms with van der Waals surface area (Å²) >= 11 is 6.95. The Morgan fingerprint density at radius 1 is 1.56 bits per heavy atom. The van der Waals surface area contributed by atoms with Gasteiger partial charge in [-0.05, 0) is 31.5 Å². The minimum Gasteiger partial charge on any atom is -0.315 e. The molecule has 0 amide bonds. The smallest absolute Gasteiger partial charge is 0.252 e. The van der Waals surface area contributed by atoms with Gasteiger partial charge in [0, 0.05) is 19.1 Å². The first-order chi connectivity index (χ1) is 8.55. The van der Waals surface area contributed by atoms with E-state index in [-0.39, 0.29) is 6.04 Å². The van der Waals surface area contributed by atoms with E-state index in [0.717, 1.165) is 37.3 Å². The number of thiophene rings is 1. The van der Waals surface area contributed by atoms with Crippen LogP contribution in [0.1, 0.15) is 19.8 Å². The van der Waals surface area contributed by atoms with E-state index < -0.39 is 10.0 Å². The van der Waals surface area contributed by atoms with Crippen molar-refractivity contribution in [2.75, 3.05) is 19.6 Å². The Morgan fingerprint density at radius 2 is 2.33 bits per heavy atom. The van der Waals surface area contributed by atoms with Crippen LogP contribution in [0.2, 0.25) is 4.34 Å². The summed E-state index contributed by atoms with van der Waals surface area (Å²) < 4.78 is 27.6. The van der Waals surface area contributed by atoms with Crippen LogP contribution < -0.4 is 5.32 Å². The average molecular weight is 309 g/mol. The molecule has 0 aliphatic carbocycles. The summed E-state index contributed by atoms with van der Waals surface area (Å²) in [4.78, 5) is 0. The number of hydrogen-bond donors (Lipinski definition) is 1.